The number of carbonyl (C=O) groups excluding carboxylic acids is 2. The molecule has 0 saturated carbocycles. The number of rotatable bonds is 4. The minimum atomic E-state index is -0.382. The lowest BCUT2D eigenvalue weighted by Crippen LogP contribution is -2.54. The van der Waals surface area contributed by atoms with Crippen molar-refractivity contribution in [2.24, 2.45) is 0 Å². The first-order chi connectivity index (χ1) is 17.0. The van der Waals surface area contributed by atoms with Crippen LogP contribution < -0.4 is 0 Å². The summed E-state index contributed by atoms with van der Waals surface area (Å²) in [5, 5.41) is 10.8. The standard InChI is InChI=1S/C24H26BrFN6O3/c25-17-12-16(13-18(26)14-17)15-35-24(34)32-10-8-30(9-11-32)19-4-6-31(7-5-19)23(33)20-2-1-3-21-22(20)28-29-27-21/h1-3,12-14,19H,4-11,15H2,(H,27,28,29). The van der Waals surface area contributed by atoms with Crippen LogP contribution >= 0.6 is 15.9 Å². The highest BCUT2D eigenvalue weighted by Crippen LogP contribution is 2.22. The number of ether oxygens (including phenoxy) is 1. The third kappa shape index (κ3) is 5.30. The second-order valence-corrected chi connectivity index (χ2v) is 9.79. The average Bonchev–Trinajstić information content (AvgIpc) is 3.36. The number of aromatic amines is 1. The highest BCUT2D eigenvalue weighted by Gasteiger charge is 2.31. The van der Waals surface area contributed by atoms with Crippen LogP contribution in [0.3, 0.4) is 0 Å². The van der Waals surface area contributed by atoms with E-state index in [1.54, 1.807) is 17.0 Å². The summed E-state index contributed by atoms with van der Waals surface area (Å²) in [6.07, 6.45) is 1.39. The molecular weight excluding hydrogens is 519 g/mol. The molecule has 2 aromatic carbocycles. The van der Waals surface area contributed by atoms with E-state index >= 15 is 0 Å². The molecule has 184 valence electrons. The Hall–Kier alpha value is -3.05. The number of para-hydroxylation sites is 1. The van der Waals surface area contributed by atoms with Gasteiger partial charge >= 0.3 is 6.09 Å². The zero-order valence-electron chi connectivity index (χ0n) is 19.1. The molecule has 0 bridgehead atoms. The Morgan fingerprint density at radius 1 is 1.03 bits per heavy atom. The Kier molecular flexibility index (Phi) is 6.96. The number of halogens is 2. The van der Waals surface area contributed by atoms with Crippen molar-refractivity contribution >= 4 is 39.0 Å². The van der Waals surface area contributed by atoms with Crippen LogP contribution in [0.5, 0.6) is 0 Å². The van der Waals surface area contributed by atoms with Gasteiger partial charge in [-0.15, -0.1) is 0 Å². The summed E-state index contributed by atoms with van der Waals surface area (Å²) in [5.41, 5.74) is 2.47. The van der Waals surface area contributed by atoms with Crippen molar-refractivity contribution in [3.8, 4) is 0 Å². The number of benzene rings is 2. The van der Waals surface area contributed by atoms with E-state index in [1.807, 2.05) is 17.0 Å². The zero-order chi connectivity index (χ0) is 24.4. The van der Waals surface area contributed by atoms with Crippen LogP contribution in [0.15, 0.2) is 40.9 Å². The van der Waals surface area contributed by atoms with Crippen LogP contribution in [0.4, 0.5) is 9.18 Å². The molecule has 1 aromatic heterocycles. The molecular formula is C24H26BrFN6O3. The van der Waals surface area contributed by atoms with Crippen LogP contribution in [0.2, 0.25) is 0 Å². The van der Waals surface area contributed by atoms with Gasteiger partial charge in [0.1, 0.15) is 23.5 Å². The van der Waals surface area contributed by atoms with Gasteiger partial charge < -0.3 is 14.5 Å². The van der Waals surface area contributed by atoms with E-state index in [-0.39, 0.29) is 24.4 Å². The lowest BCUT2D eigenvalue weighted by Gasteiger charge is -2.42. The summed E-state index contributed by atoms with van der Waals surface area (Å²) in [6.45, 7) is 4.09. The van der Waals surface area contributed by atoms with Gasteiger partial charge in [-0.1, -0.05) is 22.0 Å². The molecule has 2 saturated heterocycles. The molecule has 0 aliphatic carbocycles. The lowest BCUT2D eigenvalue weighted by molar-refractivity contribution is 0.0394. The van der Waals surface area contributed by atoms with Crippen molar-refractivity contribution in [3.63, 3.8) is 0 Å². The number of hydrogen-bond acceptors (Lipinski definition) is 6. The highest BCUT2D eigenvalue weighted by molar-refractivity contribution is 9.10. The smallest absolute Gasteiger partial charge is 0.410 e. The van der Waals surface area contributed by atoms with Gasteiger partial charge in [0.15, 0.2) is 0 Å². The number of fused-ring (bicyclic) bond motifs is 1. The summed E-state index contributed by atoms with van der Waals surface area (Å²) >= 11 is 3.25. The van der Waals surface area contributed by atoms with E-state index in [0.717, 1.165) is 25.9 Å². The summed E-state index contributed by atoms with van der Waals surface area (Å²) in [7, 11) is 0. The molecule has 2 aliphatic heterocycles. The van der Waals surface area contributed by atoms with Crippen LogP contribution in [0.25, 0.3) is 11.0 Å². The number of hydrogen-bond donors (Lipinski definition) is 1. The maximum atomic E-state index is 13.5. The van der Waals surface area contributed by atoms with Gasteiger partial charge in [-0.05, 0) is 48.7 Å². The molecule has 0 radical (unpaired) electrons. The molecule has 0 spiro atoms. The Bertz CT molecular complexity index is 1200. The van der Waals surface area contributed by atoms with Gasteiger partial charge in [0, 0.05) is 49.8 Å². The molecule has 3 heterocycles. The van der Waals surface area contributed by atoms with Gasteiger partial charge in [0.2, 0.25) is 0 Å². The number of aromatic nitrogens is 3. The molecule has 2 amide bonds. The summed E-state index contributed by atoms with van der Waals surface area (Å²) in [5.74, 6) is -0.386. The predicted octanol–water partition coefficient (Wildman–Crippen LogP) is 3.42. The van der Waals surface area contributed by atoms with E-state index in [9.17, 15) is 14.0 Å². The Morgan fingerprint density at radius 3 is 2.54 bits per heavy atom. The maximum Gasteiger partial charge on any atom is 0.410 e. The van der Waals surface area contributed by atoms with E-state index in [2.05, 4.69) is 36.2 Å². The largest absolute Gasteiger partial charge is 0.445 e. The summed E-state index contributed by atoms with van der Waals surface area (Å²) in [6, 6.07) is 10.3. The number of nitrogens with zero attached hydrogens (tertiary/aromatic N) is 5. The second-order valence-electron chi connectivity index (χ2n) is 8.88. The van der Waals surface area contributed by atoms with Crippen molar-refractivity contribution in [1.29, 1.82) is 0 Å². The Morgan fingerprint density at radius 2 is 1.80 bits per heavy atom. The molecule has 0 unspecified atom stereocenters. The zero-order valence-corrected chi connectivity index (χ0v) is 20.7. The molecule has 0 atom stereocenters. The van der Waals surface area contributed by atoms with E-state index < -0.39 is 0 Å². The minimum Gasteiger partial charge on any atom is -0.445 e. The first-order valence-electron chi connectivity index (χ1n) is 11.7. The molecule has 35 heavy (non-hydrogen) atoms. The normalized spacial score (nSPS) is 17.7. The quantitative estimate of drug-likeness (QED) is 0.540. The molecule has 2 fully saturated rings. The van der Waals surface area contributed by atoms with E-state index in [1.165, 1.54) is 12.1 Å². The predicted molar refractivity (Wildman–Crippen MR) is 130 cm³/mol. The third-order valence-corrected chi connectivity index (χ3v) is 7.16. The average molecular weight is 545 g/mol. The van der Waals surface area contributed by atoms with Crippen molar-refractivity contribution < 1.29 is 18.7 Å². The maximum absolute atomic E-state index is 13.5. The molecule has 1 N–H and O–H groups in total. The number of amides is 2. The fourth-order valence-corrected chi connectivity index (χ4v) is 5.36. The topological polar surface area (TPSA) is 94.7 Å². The number of likely N-dealkylation sites (tertiary alicyclic amines) is 1. The summed E-state index contributed by atoms with van der Waals surface area (Å²) in [4.78, 5) is 31.5. The fourth-order valence-electron chi connectivity index (χ4n) is 4.85. The molecule has 5 rings (SSSR count). The Labute approximate surface area is 210 Å². The number of H-pyrrole nitrogens is 1. The molecule has 11 heteroatoms. The van der Waals surface area contributed by atoms with Gasteiger partial charge in [-0.3, -0.25) is 9.69 Å². The summed E-state index contributed by atoms with van der Waals surface area (Å²) < 4.78 is 19.5. The number of piperazine rings is 1. The number of piperidine rings is 1. The van der Waals surface area contributed by atoms with Gasteiger partial charge in [0.25, 0.3) is 5.91 Å². The molecule has 3 aromatic rings. The Balaban J connectivity index is 1.08. The van der Waals surface area contributed by atoms with Crippen LogP contribution in [-0.4, -0.2) is 87.4 Å². The SMILES string of the molecule is O=C(OCc1cc(F)cc(Br)c1)N1CCN(C2CCN(C(=O)c3cccc4n[nH]nc34)CC2)CC1. The van der Waals surface area contributed by atoms with Crippen molar-refractivity contribution in [1.82, 2.24) is 30.1 Å². The van der Waals surface area contributed by atoms with Crippen molar-refractivity contribution in [2.75, 3.05) is 39.3 Å². The van der Waals surface area contributed by atoms with Gasteiger partial charge in [-0.25, -0.2) is 9.18 Å². The first kappa shape index (κ1) is 23.7. The third-order valence-electron chi connectivity index (χ3n) is 6.70. The van der Waals surface area contributed by atoms with Crippen LogP contribution in [0.1, 0.15) is 28.8 Å². The number of nitrogens with one attached hydrogen (secondary N) is 1. The van der Waals surface area contributed by atoms with Crippen molar-refractivity contribution in [3.05, 3.63) is 57.8 Å². The second kappa shape index (κ2) is 10.3. The van der Waals surface area contributed by atoms with E-state index in [4.69, 9.17) is 4.74 Å². The first-order valence-corrected chi connectivity index (χ1v) is 12.5. The number of carbonyl (C=O) groups is 2. The highest BCUT2D eigenvalue weighted by atomic mass is 79.9. The minimum absolute atomic E-state index is 0.0131. The van der Waals surface area contributed by atoms with Crippen molar-refractivity contribution in [2.45, 2.75) is 25.5 Å². The molecule has 2 aliphatic rings. The monoisotopic (exact) mass is 544 g/mol. The van der Waals surface area contributed by atoms with Crippen LogP contribution in [0, 0.1) is 5.82 Å². The van der Waals surface area contributed by atoms with Gasteiger partial charge in [-0.2, -0.15) is 15.4 Å². The van der Waals surface area contributed by atoms with Gasteiger partial charge in [0.05, 0.1) is 5.56 Å². The van der Waals surface area contributed by atoms with E-state index in [0.29, 0.717) is 58.9 Å². The molecule has 9 nitrogen and oxygen atoms in total. The fraction of sp³-hybridized carbons (Fsp3) is 0.417. The lowest BCUT2D eigenvalue weighted by atomic mass is 10.0. The van der Waals surface area contributed by atoms with Crippen LogP contribution in [-0.2, 0) is 11.3 Å².